The maximum atomic E-state index is 5.53. The number of hydrogen-bond acceptors (Lipinski definition) is 6. The van der Waals surface area contributed by atoms with E-state index in [1.165, 1.54) is 0 Å². The molecule has 1 fully saturated rings. The lowest BCUT2D eigenvalue weighted by atomic mass is 9.94. The van der Waals surface area contributed by atoms with Gasteiger partial charge in [-0.15, -0.1) is 0 Å². The molecule has 0 radical (unpaired) electrons. The van der Waals surface area contributed by atoms with Gasteiger partial charge in [-0.25, -0.2) is 0 Å². The van der Waals surface area contributed by atoms with Crippen LogP contribution in [0.15, 0.2) is 106 Å². The Kier molecular flexibility index (Phi) is 9.74. The van der Waals surface area contributed by atoms with E-state index in [1.807, 2.05) is 0 Å². The summed E-state index contributed by atoms with van der Waals surface area (Å²) in [5.74, 6) is 0. The topological polar surface area (TPSA) is 46.8 Å². The third kappa shape index (κ3) is 7.96. The first-order valence-electron chi connectivity index (χ1n) is 15.1. The molecule has 0 unspecified atom stereocenters. The third-order valence-corrected chi connectivity index (χ3v) is 11.8. The van der Waals surface area contributed by atoms with E-state index < -0.39 is 24.7 Å². The average molecular weight is 613 g/mol. The van der Waals surface area contributed by atoms with Gasteiger partial charge in [-0.05, 0) is 115 Å². The highest BCUT2D eigenvalue weighted by Crippen LogP contribution is 2.28. The molecule has 9 heteroatoms. The van der Waals surface area contributed by atoms with E-state index in [0.717, 1.165) is 53.5 Å². The van der Waals surface area contributed by atoms with Gasteiger partial charge in [0.2, 0.25) is 0 Å². The normalized spacial score (nSPS) is 17.5. The Bertz CT molecular complexity index is 1330. The van der Waals surface area contributed by atoms with E-state index in [-0.39, 0.29) is 0 Å². The average Bonchev–Trinajstić information content (AvgIpc) is 2.93. The molecular weight excluding hydrogens is 565 g/mol. The Morgan fingerprint density at radius 2 is 0.714 bits per heavy atom. The first kappa shape index (κ1) is 31.7. The summed E-state index contributed by atoms with van der Waals surface area (Å²) in [6, 6.07) is 31.8. The van der Waals surface area contributed by atoms with E-state index in [1.54, 1.807) is 0 Å². The van der Waals surface area contributed by atoms with Gasteiger partial charge in [-0.2, -0.15) is 15.3 Å². The fraction of sp³-hybridized carbons (Fsp3) is 0.364. The molecule has 1 saturated carbocycles. The zero-order chi connectivity index (χ0) is 30.5. The van der Waals surface area contributed by atoms with Crippen LogP contribution in [0.5, 0.6) is 0 Å². The quantitative estimate of drug-likeness (QED) is 0.179. The summed E-state index contributed by atoms with van der Waals surface area (Å²) in [6.07, 6.45) is 2.74. The number of hydrazone groups is 3. The van der Waals surface area contributed by atoms with Crippen molar-refractivity contribution in [2.45, 2.75) is 78.2 Å². The maximum absolute atomic E-state index is 5.53. The molecule has 42 heavy (non-hydrogen) atoms. The van der Waals surface area contributed by atoms with Gasteiger partial charge < -0.3 is 0 Å². The van der Waals surface area contributed by atoms with Crippen LogP contribution < -0.4 is 14.0 Å². The first-order valence-corrected chi connectivity index (χ1v) is 25.4. The molecule has 0 bridgehead atoms. The molecular formula is C33H48N6Si3. The lowest BCUT2D eigenvalue weighted by Gasteiger charge is -2.36. The fourth-order valence-electron chi connectivity index (χ4n) is 4.97. The molecule has 3 aromatic rings. The number of hydrogen-bond donors (Lipinski definition) is 0. The van der Waals surface area contributed by atoms with E-state index in [4.69, 9.17) is 15.3 Å². The molecule has 0 atom stereocenters. The van der Waals surface area contributed by atoms with Crippen LogP contribution in [0.3, 0.4) is 0 Å². The summed E-state index contributed by atoms with van der Waals surface area (Å²) < 4.78 is 6.85. The third-order valence-electron chi connectivity index (χ3n) is 6.92. The van der Waals surface area contributed by atoms with E-state index in [2.05, 4.69) is 164 Å². The van der Waals surface area contributed by atoms with Gasteiger partial charge in [0.1, 0.15) is 5.71 Å². The molecule has 0 N–H and O–H groups in total. The molecule has 3 aromatic carbocycles. The van der Waals surface area contributed by atoms with Crippen LogP contribution >= 0.6 is 0 Å². The van der Waals surface area contributed by atoms with E-state index in [9.17, 15) is 0 Å². The molecule has 4 rings (SSSR count). The zero-order valence-electron chi connectivity index (χ0n) is 27.0. The molecule has 1 aliphatic rings. The molecule has 222 valence electrons. The maximum Gasteiger partial charge on any atom is 0.176 e. The fourth-order valence-corrected chi connectivity index (χ4v) is 8.98. The predicted octanol–water partition coefficient (Wildman–Crippen LogP) is 9.26. The summed E-state index contributed by atoms with van der Waals surface area (Å²) in [7, 11) is -5.68. The molecule has 0 saturated heterocycles. The Hall–Kier alpha value is -3.28. The number of rotatable bonds is 9. The standard InChI is InChI=1S/C33H48N6Si3/c1-40(2,3)37(28-20-13-10-14-21-28)34-31-26-19-27-32(35-38(41(4,5)6)29-22-15-11-16-23-29)33(31)36-39(42(7,8)9)30-24-17-12-18-25-30/h10-18,20-25H,19,26-27H2,1-9H3/b34-31-,35-32+,36-33?. The summed E-state index contributed by atoms with van der Waals surface area (Å²) in [6.45, 7) is 21.1. The van der Waals surface area contributed by atoms with Crippen LogP contribution in [0.25, 0.3) is 0 Å². The van der Waals surface area contributed by atoms with Gasteiger partial charge in [0.05, 0.1) is 11.4 Å². The summed E-state index contributed by atoms with van der Waals surface area (Å²) >= 11 is 0. The Balaban J connectivity index is 1.96. The Morgan fingerprint density at radius 1 is 0.429 bits per heavy atom. The number of nitrogens with zero attached hydrogens (tertiary/aromatic N) is 6. The largest absolute Gasteiger partial charge is 0.295 e. The lowest BCUT2D eigenvalue weighted by molar-refractivity contribution is 0.900. The van der Waals surface area contributed by atoms with Crippen molar-refractivity contribution in [1.82, 2.24) is 0 Å². The lowest BCUT2D eigenvalue weighted by Crippen LogP contribution is -2.48. The number of benzene rings is 3. The zero-order valence-corrected chi connectivity index (χ0v) is 30.0. The second kappa shape index (κ2) is 12.9. The van der Waals surface area contributed by atoms with Crippen molar-refractivity contribution in [1.29, 1.82) is 0 Å². The van der Waals surface area contributed by atoms with Gasteiger partial charge >= 0.3 is 0 Å². The van der Waals surface area contributed by atoms with Crippen LogP contribution in [0.4, 0.5) is 17.1 Å². The van der Waals surface area contributed by atoms with Crippen molar-refractivity contribution in [3.8, 4) is 0 Å². The predicted molar refractivity (Wildman–Crippen MR) is 193 cm³/mol. The Labute approximate surface area is 256 Å². The van der Waals surface area contributed by atoms with Crippen molar-refractivity contribution >= 4 is 58.9 Å². The molecule has 6 nitrogen and oxygen atoms in total. The smallest absolute Gasteiger partial charge is 0.176 e. The van der Waals surface area contributed by atoms with Gasteiger partial charge in [0.15, 0.2) is 24.7 Å². The van der Waals surface area contributed by atoms with E-state index in [0.29, 0.717) is 0 Å². The highest BCUT2D eigenvalue weighted by atomic mass is 28.3. The van der Waals surface area contributed by atoms with Crippen LogP contribution in [0.2, 0.25) is 58.9 Å². The van der Waals surface area contributed by atoms with Crippen LogP contribution in [0, 0.1) is 0 Å². The first-order chi connectivity index (χ1) is 19.7. The molecule has 0 aromatic heterocycles. The highest BCUT2D eigenvalue weighted by Gasteiger charge is 2.33. The minimum atomic E-state index is -1.93. The van der Waals surface area contributed by atoms with Crippen molar-refractivity contribution in [3.05, 3.63) is 91.0 Å². The minimum Gasteiger partial charge on any atom is -0.295 e. The summed E-state index contributed by atoms with van der Waals surface area (Å²) in [5, 5.41) is 16.4. The van der Waals surface area contributed by atoms with Gasteiger partial charge in [-0.3, -0.25) is 14.0 Å². The SMILES string of the molecule is C[Si](C)(C)N(N=C1/C(=N\N(c2ccccc2)[Si](C)(C)C)CCC/C1=N\N(c1ccccc1)[Si](C)(C)C)c1ccccc1. The summed E-state index contributed by atoms with van der Waals surface area (Å²) in [5.41, 5.74) is 6.34. The van der Waals surface area contributed by atoms with Gasteiger partial charge in [0.25, 0.3) is 0 Å². The van der Waals surface area contributed by atoms with Crippen LogP contribution in [0.1, 0.15) is 19.3 Å². The van der Waals surface area contributed by atoms with Crippen molar-refractivity contribution in [2.24, 2.45) is 15.3 Å². The molecule has 0 amide bonds. The molecule has 1 aliphatic carbocycles. The highest BCUT2D eigenvalue weighted by molar-refractivity contribution is 6.82. The van der Waals surface area contributed by atoms with Crippen molar-refractivity contribution in [3.63, 3.8) is 0 Å². The molecule has 0 spiro atoms. The van der Waals surface area contributed by atoms with Crippen LogP contribution in [-0.4, -0.2) is 41.8 Å². The second-order valence-electron chi connectivity index (χ2n) is 13.9. The number of para-hydroxylation sites is 3. The number of anilines is 3. The second-order valence-corrected chi connectivity index (χ2v) is 28.1. The van der Waals surface area contributed by atoms with Gasteiger partial charge in [-0.1, -0.05) is 54.6 Å². The monoisotopic (exact) mass is 612 g/mol. The van der Waals surface area contributed by atoms with Crippen molar-refractivity contribution in [2.75, 3.05) is 14.0 Å². The van der Waals surface area contributed by atoms with Gasteiger partial charge in [0, 0.05) is 17.1 Å². The Morgan fingerprint density at radius 3 is 1.00 bits per heavy atom. The van der Waals surface area contributed by atoms with Crippen molar-refractivity contribution < 1.29 is 0 Å². The van der Waals surface area contributed by atoms with E-state index >= 15 is 0 Å². The molecule has 0 heterocycles. The van der Waals surface area contributed by atoms with Crippen LogP contribution in [-0.2, 0) is 0 Å². The minimum absolute atomic E-state index is 0.873. The summed E-state index contributed by atoms with van der Waals surface area (Å²) in [4.78, 5) is 0. The molecule has 0 aliphatic heterocycles.